The molecule has 192 valence electrons. The summed E-state index contributed by atoms with van der Waals surface area (Å²) >= 11 is 0. The van der Waals surface area contributed by atoms with E-state index in [1.54, 1.807) is 12.4 Å². The van der Waals surface area contributed by atoms with Crippen LogP contribution >= 0.6 is 0 Å². The molecule has 1 aliphatic rings. The van der Waals surface area contributed by atoms with Gasteiger partial charge in [0.05, 0.1) is 54.0 Å². The standard InChI is InChI=1S/C25H36N4O5S/c1-4-17(14-24(30)31)19-7-8-22(29-21(5-2)18-9-11-35(32,33)12-10-18)23(13-19)28-20-15-26-25(27-16-20)34-6-3/h7-8,13,15-18,21,28-29H,4-6,9-12,14H2,1-3H3,(H,30,31). The molecule has 9 nitrogen and oxygen atoms in total. The van der Waals surface area contributed by atoms with Crippen molar-refractivity contribution in [3.63, 3.8) is 0 Å². The minimum Gasteiger partial charge on any atom is -0.481 e. The van der Waals surface area contributed by atoms with Gasteiger partial charge in [-0.15, -0.1) is 0 Å². The van der Waals surface area contributed by atoms with E-state index in [0.29, 0.717) is 37.6 Å². The number of carbonyl (C=O) groups is 1. The van der Waals surface area contributed by atoms with E-state index in [-0.39, 0.29) is 35.8 Å². The smallest absolute Gasteiger partial charge is 0.316 e. The summed E-state index contributed by atoms with van der Waals surface area (Å²) in [5.74, 6) is -0.204. The van der Waals surface area contributed by atoms with Crippen molar-refractivity contribution in [1.82, 2.24) is 9.97 Å². The molecule has 0 amide bonds. The molecule has 1 aromatic carbocycles. The highest BCUT2D eigenvalue weighted by atomic mass is 32.2. The van der Waals surface area contributed by atoms with Crippen LogP contribution in [0.3, 0.4) is 0 Å². The zero-order valence-corrected chi connectivity index (χ0v) is 21.5. The van der Waals surface area contributed by atoms with Crippen molar-refractivity contribution in [2.75, 3.05) is 28.7 Å². The van der Waals surface area contributed by atoms with Gasteiger partial charge in [0.15, 0.2) is 0 Å². The Hall–Kier alpha value is -2.88. The minimum atomic E-state index is -2.93. The number of hydrogen-bond donors (Lipinski definition) is 3. The van der Waals surface area contributed by atoms with E-state index < -0.39 is 15.8 Å². The lowest BCUT2D eigenvalue weighted by molar-refractivity contribution is -0.137. The third-order valence-corrected chi connectivity index (χ3v) is 8.27. The molecule has 3 rings (SSSR count). The fourth-order valence-corrected chi connectivity index (χ4v) is 6.09. The summed E-state index contributed by atoms with van der Waals surface area (Å²) in [6, 6.07) is 6.34. The van der Waals surface area contributed by atoms with Crippen molar-refractivity contribution in [2.24, 2.45) is 5.92 Å². The molecule has 10 heteroatoms. The number of aromatic nitrogens is 2. The zero-order chi connectivity index (χ0) is 25.4. The van der Waals surface area contributed by atoms with Gasteiger partial charge in [-0.25, -0.2) is 18.4 Å². The molecule has 2 aromatic rings. The molecule has 1 fully saturated rings. The van der Waals surface area contributed by atoms with Crippen LogP contribution in [0.2, 0.25) is 0 Å². The van der Waals surface area contributed by atoms with E-state index in [0.717, 1.165) is 23.4 Å². The van der Waals surface area contributed by atoms with Crippen LogP contribution in [-0.2, 0) is 14.6 Å². The molecule has 1 aromatic heterocycles. The lowest BCUT2D eigenvalue weighted by Crippen LogP contribution is -2.35. The van der Waals surface area contributed by atoms with Gasteiger partial charge < -0.3 is 20.5 Å². The molecule has 2 unspecified atom stereocenters. The van der Waals surface area contributed by atoms with Crippen molar-refractivity contribution in [1.29, 1.82) is 0 Å². The monoisotopic (exact) mass is 504 g/mol. The van der Waals surface area contributed by atoms with Crippen molar-refractivity contribution >= 4 is 32.9 Å². The number of carboxylic acid groups (broad SMARTS) is 1. The third-order valence-electron chi connectivity index (χ3n) is 6.56. The lowest BCUT2D eigenvalue weighted by atomic mass is 9.90. The normalized spacial score (nSPS) is 17.3. The fourth-order valence-electron chi connectivity index (χ4n) is 4.56. The summed E-state index contributed by atoms with van der Waals surface area (Å²) in [5.41, 5.74) is 3.28. The Morgan fingerprint density at radius 1 is 1.11 bits per heavy atom. The van der Waals surface area contributed by atoms with E-state index in [9.17, 15) is 18.3 Å². The molecule has 0 radical (unpaired) electrons. The summed E-state index contributed by atoms with van der Waals surface area (Å²) < 4.78 is 29.1. The number of hydrogen-bond acceptors (Lipinski definition) is 8. The van der Waals surface area contributed by atoms with Crippen LogP contribution in [0.15, 0.2) is 30.6 Å². The number of sulfone groups is 1. The number of rotatable bonds is 12. The highest BCUT2D eigenvalue weighted by Crippen LogP contribution is 2.34. The Morgan fingerprint density at radius 2 is 1.80 bits per heavy atom. The van der Waals surface area contributed by atoms with E-state index >= 15 is 0 Å². The molecular weight excluding hydrogens is 468 g/mol. The van der Waals surface area contributed by atoms with Crippen molar-refractivity contribution in [2.45, 2.75) is 64.8 Å². The van der Waals surface area contributed by atoms with Crippen LogP contribution in [0.5, 0.6) is 6.01 Å². The zero-order valence-electron chi connectivity index (χ0n) is 20.7. The van der Waals surface area contributed by atoms with Gasteiger partial charge in [-0.2, -0.15) is 0 Å². The lowest BCUT2D eigenvalue weighted by Gasteiger charge is -2.32. The van der Waals surface area contributed by atoms with Gasteiger partial charge in [0.25, 0.3) is 0 Å². The van der Waals surface area contributed by atoms with Gasteiger partial charge >= 0.3 is 12.0 Å². The maximum Gasteiger partial charge on any atom is 0.316 e. The maximum atomic E-state index is 11.9. The van der Waals surface area contributed by atoms with E-state index in [1.165, 1.54) is 0 Å². The average molecular weight is 505 g/mol. The average Bonchev–Trinajstić information content (AvgIpc) is 2.83. The second-order valence-electron chi connectivity index (χ2n) is 8.97. The van der Waals surface area contributed by atoms with Crippen LogP contribution in [0, 0.1) is 5.92 Å². The highest BCUT2D eigenvalue weighted by molar-refractivity contribution is 7.91. The second-order valence-corrected chi connectivity index (χ2v) is 11.3. The number of nitrogens with zero attached hydrogens (tertiary/aromatic N) is 2. The van der Waals surface area contributed by atoms with Crippen molar-refractivity contribution in [3.8, 4) is 6.01 Å². The first-order chi connectivity index (χ1) is 16.7. The Bertz CT molecular complexity index is 1080. The fraction of sp³-hybridized carbons (Fsp3) is 0.560. The van der Waals surface area contributed by atoms with Crippen LogP contribution < -0.4 is 15.4 Å². The first-order valence-electron chi connectivity index (χ1n) is 12.3. The SMILES string of the molecule is CCOc1ncc(Nc2cc(C(CC)CC(=O)O)ccc2NC(CC)C2CCS(=O)(=O)CC2)cn1. The molecule has 2 atom stereocenters. The Labute approximate surface area is 207 Å². The highest BCUT2D eigenvalue weighted by Gasteiger charge is 2.29. The first kappa shape index (κ1) is 26.7. The number of benzene rings is 1. The molecule has 1 saturated heterocycles. The molecular formula is C25H36N4O5S. The molecule has 35 heavy (non-hydrogen) atoms. The van der Waals surface area contributed by atoms with Crippen LogP contribution in [0.25, 0.3) is 0 Å². The van der Waals surface area contributed by atoms with E-state index in [1.807, 2.05) is 32.0 Å². The number of ether oxygens (including phenoxy) is 1. The first-order valence-corrected chi connectivity index (χ1v) is 14.1. The van der Waals surface area contributed by atoms with Gasteiger partial charge in [0.1, 0.15) is 9.84 Å². The van der Waals surface area contributed by atoms with Gasteiger partial charge in [0.2, 0.25) is 0 Å². The summed E-state index contributed by atoms with van der Waals surface area (Å²) in [6.07, 6.45) is 6.21. The van der Waals surface area contributed by atoms with Crippen molar-refractivity contribution < 1.29 is 23.1 Å². The Kier molecular flexibility index (Phi) is 9.31. The van der Waals surface area contributed by atoms with Crippen LogP contribution in [0.1, 0.15) is 64.4 Å². The second kappa shape index (κ2) is 12.2. The van der Waals surface area contributed by atoms with Crippen molar-refractivity contribution in [3.05, 3.63) is 36.2 Å². The molecule has 0 saturated carbocycles. The molecule has 1 aliphatic heterocycles. The summed E-state index contributed by atoms with van der Waals surface area (Å²) in [7, 11) is -2.93. The molecule has 0 spiro atoms. The number of aliphatic carboxylic acids is 1. The van der Waals surface area contributed by atoms with Gasteiger partial charge in [-0.05, 0) is 62.1 Å². The third kappa shape index (κ3) is 7.55. The summed E-state index contributed by atoms with van der Waals surface area (Å²) in [4.78, 5) is 19.8. The number of carboxylic acids is 1. The molecule has 0 aliphatic carbocycles. The molecule has 2 heterocycles. The Morgan fingerprint density at radius 3 is 2.37 bits per heavy atom. The van der Waals surface area contributed by atoms with Crippen LogP contribution in [-0.4, -0.2) is 53.6 Å². The predicted octanol–water partition coefficient (Wildman–Crippen LogP) is 4.60. The van der Waals surface area contributed by atoms with E-state index in [4.69, 9.17) is 4.74 Å². The maximum absolute atomic E-state index is 11.9. The largest absolute Gasteiger partial charge is 0.481 e. The quantitative estimate of drug-likeness (QED) is 0.379. The summed E-state index contributed by atoms with van der Waals surface area (Å²) in [5, 5.41) is 16.3. The van der Waals surface area contributed by atoms with Gasteiger partial charge in [-0.3, -0.25) is 4.79 Å². The summed E-state index contributed by atoms with van der Waals surface area (Å²) in [6.45, 7) is 6.43. The van der Waals surface area contributed by atoms with Crippen LogP contribution in [0.4, 0.5) is 17.1 Å². The predicted molar refractivity (Wildman–Crippen MR) is 137 cm³/mol. The van der Waals surface area contributed by atoms with Gasteiger partial charge in [0, 0.05) is 6.04 Å². The minimum absolute atomic E-state index is 0.0585. The number of anilines is 3. The van der Waals surface area contributed by atoms with E-state index in [2.05, 4.69) is 27.5 Å². The molecule has 3 N–H and O–H groups in total. The Balaban J connectivity index is 1.88. The topological polar surface area (TPSA) is 131 Å². The van der Waals surface area contributed by atoms with Gasteiger partial charge in [-0.1, -0.05) is 19.9 Å². The number of nitrogens with one attached hydrogen (secondary N) is 2. The molecule has 0 bridgehead atoms.